The number of nitrogens with one attached hydrogen (secondary N) is 3. The number of benzene rings is 1. The topological polar surface area (TPSA) is 133 Å². The maximum absolute atomic E-state index is 12.2. The van der Waals surface area contributed by atoms with E-state index in [4.69, 9.17) is 9.84 Å². The highest BCUT2D eigenvalue weighted by molar-refractivity contribution is 5.91. The van der Waals surface area contributed by atoms with Crippen LogP contribution in [0.2, 0.25) is 0 Å². The van der Waals surface area contributed by atoms with E-state index >= 15 is 0 Å². The van der Waals surface area contributed by atoms with Crippen molar-refractivity contribution in [1.82, 2.24) is 25.8 Å². The van der Waals surface area contributed by atoms with Gasteiger partial charge in [-0.3, -0.25) is 9.78 Å². The van der Waals surface area contributed by atoms with Crippen molar-refractivity contribution in [3.05, 3.63) is 59.4 Å². The number of pyridine rings is 1. The molecule has 172 valence electrons. The number of para-hydroxylation sites is 1. The Morgan fingerprint density at radius 1 is 1.16 bits per heavy atom. The van der Waals surface area contributed by atoms with Gasteiger partial charge in [-0.05, 0) is 43.8 Å². The smallest absolute Gasteiger partial charge is 0.412 e. The minimum atomic E-state index is -1.18. The van der Waals surface area contributed by atoms with Gasteiger partial charge in [0.25, 0.3) is 0 Å². The normalized spacial score (nSPS) is 10.4. The lowest BCUT2D eigenvalue weighted by atomic mass is 10.2. The zero-order chi connectivity index (χ0) is 23.3. The number of rotatable bonds is 12. The van der Waals surface area contributed by atoms with Gasteiger partial charge in [0, 0.05) is 38.9 Å². The summed E-state index contributed by atoms with van der Waals surface area (Å²) in [5.74, 6) is -1.19. The number of carbonyl (C=O) groups excluding carboxylic acids is 2. The second-order valence-electron chi connectivity index (χ2n) is 6.88. The Morgan fingerprint density at radius 2 is 1.94 bits per heavy atom. The van der Waals surface area contributed by atoms with Crippen LogP contribution in [0.15, 0.2) is 42.6 Å². The highest BCUT2D eigenvalue weighted by atomic mass is 16.6. The van der Waals surface area contributed by atoms with E-state index < -0.39 is 12.1 Å². The van der Waals surface area contributed by atoms with Gasteiger partial charge >= 0.3 is 12.1 Å². The van der Waals surface area contributed by atoms with Crippen LogP contribution in [-0.2, 0) is 17.9 Å². The number of hydrogen-bond donors (Lipinski definition) is 4. The summed E-state index contributed by atoms with van der Waals surface area (Å²) in [6.45, 7) is 4.76. The highest BCUT2D eigenvalue weighted by Crippen LogP contribution is 2.17. The molecule has 32 heavy (non-hydrogen) atoms. The number of hydrogen-bond acceptors (Lipinski definition) is 7. The summed E-state index contributed by atoms with van der Waals surface area (Å²) in [5.41, 5.74) is 1.41. The molecule has 0 aliphatic heterocycles. The molecule has 0 aliphatic rings. The zero-order valence-electron chi connectivity index (χ0n) is 18.3. The second kappa shape index (κ2) is 13.0. The number of likely N-dealkylation sites (N-methyl/N-ethyl adjacent to an activating group) is 2. The number of carboxylic acid groups (broad SMARTS) is 1. The van der Waals surface area contributed by atoms with Crippen molar-refractivity contribution in [1.29, 1.82) is 0 Å². The monoisotopic (exact) mass is 443 g/mol. The first kappa shape index (κ1) is 24.8. The van der Waals surface area contributed by atoms with E-state index in [2.05, 4.69) is 20.9 Å². The van der Waals surface area contributed by atoms with Gasteiger partial charge in [-0.15, -0.1) is 0 Å². The molecule has 0 unspecified atom stereocenters. The maximum atomic E-state index is 12.2. The van der Waals surface area contributed by atoms with E-state index in [1.807, 2.05) is 20.0 Å². The van der Waals surface area contributed by atoms with Gasteiger partial charge in [0.2, 0.25) is 5.91 Å². The van der Waals surface area contributed by atoms with Crippen LogP contribution < -0.4 is 20.7 Å². The third-order valence-electron chi connectivity index (χ3n) is 4.59. The SMILES string of the molecule is CCN(CCNC)C(=O)CNCc1cc(CNC(=O)Oc2ccccc2C(=O)O)ccn1. The Hall–Kier alpha value is -3.50. The van der Waals surface area contributed by atoms with E-state index in [1.54, 1.807) is 29.3 Å². The molecule has 0 saturated carbocycles. The van der Waals surface area contributed by atoms with E-state index in [9.17, 15) is 14.4 Å². The van der Waals surface area contributed by atoms with Crippen LogP contribution in [0.3, 0.4) is 0 Å². The summed E-state index contributed by atoms with van der Waals surface area (Å²) in [7, 11) is 1.85. The summed E-state index contributed by atoms with van der Waals surface area (Å²) in [5, 5.41) is 17.9. The zero-order valence-corrected chi connectivity index (χ0v) is 18.3. The van der Waals surface area contributed by atoms with E-state index in [0.717, 1.165) is 17.8 Å². The Labute approximate surface area is 187 Å². The lowest BCUT2D eigenvalue weighted by molar-refractivity contribution is -0.130. The third kappa shape index (κ3) is 7.97. The summed E-state index contributed by atoms with van der Waals surface area (Å²) in [6, 6.07) is 9.47. The van der Waals surface area contributed by atoms with Gasteiger partial charge in [-0.25, -0.2) is 9.59 Å². The Balaban J connectivity index is 1.82. The molecule has 2 rings (SSSR count). The average molecular weight is 444 g/mol. The minimum Gasteiger partial charge on any atom is -0.478 e. The quantitative estimate of drug-likeness (QED) is 0.385. The summed E-state index contributed by atoms with van der Waals surface area (Å²) in [4.78, 5) is 41.5. The van der Waals surface area contributed by atoms with E-state index in [0.29, 0.717) is 19.6 Å². The first-order valence-electron chi connectivity index (χ1n) is 10.3. The van der Waals surface area contributed by atoms with Crippen LogP contribution >= 0.6 is 0 Å². The standard InChI is InChI=1S/C22H29N5O5/c1-3-27(11-10-23-2)20(28)15-24-14-17-12-16(8-9-25-17)13-26-22(31)32-19-7-5-4-6-18(19)21(29)30/h4-9,12,23-24H,3,10-11,13-15H2,1-2H3,(H,26,31)(H,29,30). The molecular formula is C22H29N5O5. The first-order chi connectivity index (χ1) is 15.4. The molecule has 1 aromatic heterocycles. The van der Waals surface area contributed by atoms with Crippen LogP contribution in [0, 0.1) is 0 Å². The fourth-order valence-electron chi connectivity index (χ4n) is 2.89. The molecule has 1 heterocycles. The lowest BCUT2D eigenvalue weighted by Crippen LogP contribution is -2.41. The lowest BCUT2D eigenvalue weighted by Gasteiger charge is -2.20. The molecule has 0 spiro atoms. The van der Waals surface area contributed by atoms with E-state index in [-0.39, 0.29) is 30.3 Å². The fraction of sp³-hybridized carbons (Fsp3) is 0.364. The van der Waals surface area contributed by atoms with Gasteiger partial charge in [0.1, 0.15) is 11.3 Å². The Kier molecular flexibility index (Phi) is 10.1. The molecule has 10 heteroatoms. The summed E-state index contributed by atoms with van der Waals surface area (Å²) < 4.78 is 5.11. The van der Waals surface area contributed by atoms with Crippen molar-refractivity contribution >= 4 is 18.0 Å². The molecule has 0 atom stereocenters. The molecule has 0 aliphatic carbocycles. The average Bonchev–Trinajstić information content (AvgIpc) is 2.79. The molecule has 0 bridgehead atoms. The predicted octanol–water partition coefficient (Wildman–Crippen LogP) is 1.23. The van der Waals surface area contributed by atoms with Crippen molar-refractivity contribution in [3.8, 4) is 5.75 Å². The largest absolute Gasteiger partial charge is 0.478 e. The van der Waals surface area contributed by atoms with Crippen molar-refractivity contribution in [2.24, 2.45) is 0 Å². The van der Waals surface area contributed by atoms with Gasteiger partial charge in [0.15, 0.2) is 0 Å². The van der Waals surface area contributed by atoms with Crippen molar-refractivity contribution in [2.75, 3.05) is 33.2 Å². The predicted molar refractivity (Wildman–Crippen MR) is 118 cm³/mol. The number of aromatic carboxylic acids is 1. The van der Waals surface area contributed by atoms with Crippen LogP contribution in [0.25, 0.3) is 0 Å². The third-order valence-corrected chi connectivity index (χ3v) is 4.59. The minimum absolute atomic E-state index is 0.0185. The highest BCUT2D eigenvalue weighted by Gasteiger charge is 2.14. The molecule has 0 radical (unpaired) electrons. The van der Waals surface area contributed by atoms with Crippen molar-refractivity contribution in [3.63, 3.8) is 0 Å². The van der Waals surface area contributed by atoms with Gasteiger partial charge in [-0.2, -0.15) is 0 Å². The number of nitrogens with zero attached hydrogens (tertiary/aromatic N) is 2. The Morgan fingerprint density at radius 3 is 2.66 bits per heavy atom. The Bertz CT molecular complexity index is 921. The fourth-order valence-corrected chi connectivity index (χ4v) is 2.89. The number of aromatic nitrogens is 1. The maximum Gasteiger partial charge on any atom is 0.412 e. The van der Waals surface area contributed by atoms with Crippen LogP contribution in [0.1, 0.15) is 28.5 Å². The molecular weight excluding hydrogens is 414 g/mol. The van der Waals surface area contributed by atoms with Crippen molar-refractivity contribution < 1.29 is 24.2 Å². The molecule has 4 N–H and O–H groups in total. The molecule has 2 aromatic rings. The number of carbonyl (C=O) groups is 3. The van der Waals surface area contributed by atoms with Gasteiger partial charge in [0.05, 0.1) is 12.2 Å². The molecule has 1 aromatic carbocycles. The second-order valence-corrected chi connectivity index (χ2v) is 6.88. The molecule has 10 nitrogen and oxygen atoms in total. The first-order valence-corrected chi connectivity index (χ1v) is 10.3. The number of amides is 2. The van der Waals surface area contributed by atoms with Gasteiger partial charge in [-0.1, -0.05) is 12.1 Å². The summed E-state index contributed by atoms with van der Waals surface area (Å²) >= 11 is 0. The molecule has 0 fully saturated rings. The van der Waals surface area contributed by atoms with Gasteiger partial charge < -0.3 is 30.7 Å². The van der Waals surface area contributed by atoms with Crippen LogP contribution in [-0.4, -0.2) is 66.2 Å². The van der Waals surface area contributed by atoms with E-state index in [1.165, 1.54) is 12.1 Å². The summed E-state index contributed by atoms with van der Waals surface area (Å²) in [6.07, 6.45) is 0.855. The van der Waals surface area contributed by atoms with Crippen LogP contribution in [0.5, 0.6) is 5.75 Å². The molecule has 0 saturated heterocycles. The number of ether oxygens (including phenoxy) is 1. The van der Waals surface area contributed by atoms with Crippen molar-refractivity contribution in [2.45, 2.75) is 20.0 Å². The molecule has 2 amide bonds. The van der Waals surface area contributed by atoms with Crippen LogP contribution in [0.4, 0.5) is 4.79 Å². The number of carboxylic acids is 1.